The molecule has 0 radical (unpaired) electrons. The fourth-order valence-corrected chi connectivity index (χ4v) is 4.20. The minimum atomic E-state index is -0.200. The van der Waals surface area contributed by atoms with Crippen LogP contribution in [-0.4, -0.2) is 46.1 Å². The largest absolute Gasteiger partial charge is 0.493 e. The molecule has 4 aromatic rings. The Kier molecular flexibility index (Phi) is 5.24. The van der Waals surface area contributed by atoms with Gasteiger partial charge in [0.05, 0.1) is 23.3 Å². The summed E-state index contributed by atoms with van der Waals surface area (Å²) in [7, 11) is 0. The van der Waals surface area contributed by atoms with Crippen LogP contribution in [0.1, 0.15) is 25.7 Å². The topological polar surface area (TPSA) is 74.0 Å². The lowest BCUT2D eigenvalue weighted by Crippen LogP contribution is -2.31. The number of rotatable bonds is 6. The lowest BCUT2D eigenvalue weighted by atomic mass is 10.1. The number of piperidine rings is 1. The number of para-hydroxylation sites is 2. The highest BCUT2D eigenvalue weighted by Gasteiger charge is 2.12. The number of nitrogens with zero attached hydrogens (tertiary/aromatic N) is 2. The summed E-state index contributed by atoms with van der Waals surface area (Å²) < 4.78 is 5.97. The number of H-pyrrole nitrogens is 2. The van der Waals surface area contributed by atoms with Crippen LogP contribution < -0.4 is 10.3 Å². The normalized spacial score (nSPS) is 15.1. The molecular formula is C24H26N4O2. The molecule has 0 unspecified atom stereocenters. The van der Waals surface area contributed by atoms with Crippen molar-refractivity contribution >= 4 is 21.9 Å². The highest BCUT2D eigenvalue weighted by molar-refractivity contribution is 5.87. The van der Waals surface area contributed by atoms with Gasteiger partial charge in [-0.25, -0.2) is 4.98 Å². The second-order valence-electron chi connectivity index (χ2n) is 7.97. The van der Waals surface area contributed by atoms with Crippen LogP contribution >= 0.6 is 0 Å². The van der Waals surface area contributed by atoms with E-state index in [0.717, 1.165) is 40.7 Å². The van der Waals surface area contributed by atoms with Gasteiger partial charge in [0.2, 0.25) is 0 Å². The highest BCUT2D eigenvalue weighted by Crippen LogP contribution is 2.25. The summed E-state index contributed by atoms with van der Waals surface area (Å²) in [5.74, 6) is 0.843. The zero-order valence-corrected chi connectivity index (χ0v) is 17.0. The van der Waals surface area contributed by atoms with Gasteiger partial charge in [0.15, 0.2) is 5.69 Å². The van der Waals surface area contributed by atoms with E-state index in [2.05, 4.69) is 19.9 Å². The molecule has 0 amide bonds. The van der Waals surface area contributed by atoms with Crippen molar-refractivity contribution in [1.82, 2.24) is 19.9 Å². The maximum Gasteiger partial charge on any atom is 0.276 e. The molecule has 0 spiro atoms. The molecule has 0 saturated carbocycles. The van der Waals surface area contributed by atoms with Gasteiger partial charge in [-0.05, 0) is 62.7 Å². The van der Waals surface area contributed by atoms with Crippen LogP contribution in [0.4, 0.5) is 0 Å². The molecule has 2 N–H and O–H groups in total. The lowest BCUT2D eigenvalue weighted by Gasteiger charge is -2.26. The van der Waals surface area contributed by atoms with Crippen LogP contribution in [0.15, 0.2) is 53.3 Å². The van der Waals surface area contributed by atoms with Crippen molar-refractivity contribution in [1.29, 1.82) is 0 Å². The van der Waals surface area contributed by atoms with Crippen molar-refractivity contribution in [3.05, 3.63) is 58.9 Å². The van der Waals surface area contributed by atoms with Crippen LogP contribution in [0, 0.1) is 0 Å². The number of aromatic amines is 2. The van der Waals surface area contributed by atoms with Gasteiger partial charge in [-0.1, -0.05) is 18.6 Å². The molecule has 0 atom stereocenters. The Morgan fingerprint density at radius 1 is 0.967 bits per heavy atom. The van der Waals surface area contributed by atoms with E-state index in [-0.39, 0.29) is 5.56 Å². The summed E-state index contributed by atoms with van der Waals surface area (Å²) in [6.07, 6.45) is 5.04. The molecule has 1 fully saturated rings. The van der Waals surface area contributed by atoms with Gasteiger partial charge in [-0.15, -0.1) is 0 Å². The van der Waals surface area contributed by atoms with Crippen LogP contribution in [0.3, 0.4) is 0 Å². The molecule has 6 nitrogen and oxygen atoms in total. The smallest absolute Gasteiger partial charge is 0.276 e. The van der Waals surface area contributed by atoms with Gasteiger partial charge in [0, 0.05) is 23.5 Å². The zero-order valence-electron chi connectivity index (χ0n) is 17.0. The molecule has 0 aliphatic carbocycles. The molecule has 2 aromatic carbocycles. The van der Waals surface area contributed by atoms with Gasteiger partial charge >= 0.3 is 0 Å². The van der Waals surface area contributed by atoms with E-state index in [1.54, 1.807) is 0 Å². The molecule has 1 aliphatic heterocycles. The summed E-state index contributed by atoms with van der Waals surface area (Å²) in [6.45, 7) is 4.26. The predicted octanol–water partition coefficient (Wildman–Crippen LogP) is 4.33. The second kappa shape index (κ2) is 8.32. The number of fused-ring (bicyclic) bond motifs is 2. The van der Waals surface area contributed by atoms with Gasteiger partial charge in [-0.2, -0.15) is 0 Å². The molecule has 0 bridgehead atoms. The standard InChI is InChI=1S/C24H26N4O2/c29-24-23(26-19-7-2-3-8-20(19)27-24)22-15-17-9-10-18(16-21(17)25-22)30-14-6-13-28-11-4-1-5-12-28/h2-3,7-10,15-16,25H,1,4-6,11-14H2,(H,27,29). The minimum Gasteiger partial charge on any atom is -0.493 e. The Morgan fingerprint density at radius 2 is 1.83 bits per heavy atom. The maximum atomic E-state index is 12.5. The summed E-state index contributed by atoms with van der Waals surface area (Å²) >= 11 is 0. The van der Waals surface area contributed by atoms with Gasteiger partial charge in [0.1, 0.15) is 5.75 Å². The van der Waals surface area contributed by atoms with E-state index in [0.29, 0.717) is 18.0 Å². The first kappa shape index (κ1) is 18.9. The lowest BCUT2D eigenvalue weighted by molar-refractivity contribution is 0.205. The second-order valence-corrected chi connectivity index (χ2v) is 7.97. The maximum absolute atomic E-state index is 12.5. The van der Waals surface area contributed by atoms with Crippen molar-refractivity contribution in [2.45, 2.75) is 25.7 Å². The number of likely N-dealkylation sites (tertiary alicyclic amines) is 1. The third-order valence-electron chi connectivity index (χ3n) is 5.78. The van der Waals surface area contributed by atoms with Crippen molar-refractivity contribution in [2.75, 3.05) is 26.2 Å². The third-order valence-corrected chi connectivity index (χ3v) is 5.78. The average molecular weight is 402 g/mol. The Balaban J connectivity index is 1.30. The average Bonchev–Trinajstić information content (AvgIpc) is 3.20. The minimum absolute atomic E-state index is 0.200. The van der Waals surface area contributed by atoms with Crippen molar-refractivity contribution in [3.8, 4) is 17.1 Å². The first-order chi connectivity index (χ1) is 14.8. The number of aromatic nitrogens is 3. The fraction of sp³-hybridized carbons (Fsp3) is 0.333. The summed E-state index contributed by atoms with van der Waals surface area (Å²) in [4.78, 5) is 25.8. The fourth-order valence-electron chi connectivity index (χ4n) is 4.20. The van der Waals surface area contributed by atoms with E-state index in [4.69, 9.17) is 4.74 Å². The number of ether oxygens (including phenoxy) is 1. The van der Waals surface area contributed by atoms with Crippen molar-refractivity contribution < 1.29 is 4.74 Å². The van der Waals surface area contributed by atoms with Crippen LogP contribution in [-0.2, 0) is 0 Å². The molecule has 5 rings (SSSR count). The molecule has 154 valence electrons. The number of nitrogens with one attached hydrogen (secondary N) is 2. The SMILES string of the molecule is O=c1[nH]c2ccccc2nc1-c1cc2ccc(OCCCN3CCCCC3)cc2[nH]1. The molecular weight excluding hydrogens is 376 g/mol. The van der Waals surface area contributed by atoms with E-state index in [9.17, 15) is 4.79 Å². The van der Waals surface area contributed by atoms with Gasteiger partial charge < -0.3 is 19.6 Å². The van der Waals surface area contributed by atoms with E-state index < -0.39 is 0 Å². The quantitative estimate of drug-likeness (QED) is 0.471. The van der Waals surface area contributed by atoms with Crippen LogP contribution in [0.25, 0.3) is 33.3 Å². The molecule has 2 aromatic heterocycles. The molecule has 1 saturated heterocycles. The number of hydrogen-bond donors (Lipinski definition) is 2. The van der Waals surface area contributed by atoms with E-state index in [1.165, 1.54) is 32.4 Å². The molecule has 3 heterocycles. The third kappa shape index (κ3) is 3.96. The summed E-state index contributed by atoms with van der Waals surface area (Å²) in [5.41, 5.74) is 3.35. The van der Waals surface area contributed by atoms with Crippen molar-refractivity contribution in [2.24, 2.45) is 0 Å². The summed E-state index contributed by atoms with van der Waals surface area (Å²) in [6, 6.07) is 15.5. The number of benzene rings is 2. The molecule has 30 heavy (non-hydrogen) atoms. The van der Waals surface area contributed by atoms with Crippen LogP contribution in [0.2, 0.25) is 0 Å². The van der Waals surface area contributed by atoms with Crippen LogP contribution in [0.5, 0.6) is 5.75 Å². The van der Waals surface area contributed by atoms with E-state index in [1.807, 2.05) is 48.5 Å². The Bertz CT molecular complexity index is 1220. The Hall–Kier alpha value is -3.12. The van der Waals surface area contributed by atoms with Gasteiger partial charge in [0.25, 0.3) is 5.56 Å². The van der Waals surface area contributed by atoms with Gasteiger partial charge in [-0.3, -0.25) is 4.79 Å². The monoisotopic (exact) mass is 402 g/mol. The highest BCUT2D eigenvalue weighted by atomic mass is 16.5. The first-order valence-corrected chi connectivity index (χ1v) is 10.7. The molecule has 1 aliphatic rings. The Morgan fingerprint density at radius 3 is 2.73 bits per heavy atom. The molecule has 6 heteroatoms. The first-order valence-electron chi connectivity index (χ1n) is 10.7. The predicted molar refractivity (Wildman–Crippen MR) is 120 cm³/mol. The van der Waals surface area contributed by atoms with Crippen molar-refractivity contribution in [3.63, 3.8) is 0 Å². The number of hydrogen-bond acceptors (Lipinski definition) is 4. The summed E-state index contributed by atoms with van der Waals surface area (Å²) in [5, 5.41) is 1.03. The zero-order chi connectivity index (χ0) is 20.3. The Labute approximate surface area is 174 Å². The van der Waals surface area contributed by atoms with E-state index >= 15 is 0 Å².